The lowest BCUT2D eigenvalue weighted by atomic mass is 10.2. The second-order valence-corrected chi connectivity index (χ2v) is 6.19. The third-order valence-electron chi connectivity index (χ3n) is 3.89. The molecule has 4 nitrogen and oxygen atoms in total. The van der Waals surface area contributed by atoms with Crippen LogP contribution in [-0.4, -0.2) is 15.7 Å². The van der Waals surface area contributed by atoms with Gasteiger partial charge in [0.15, 0.2) is 23.3 Å². The zero-order valence-corrected chi connectivity index (χ0v) is 13.9. The Labute approximate surface area is 151 Å². The highest BCUT2D eigenvalue weighted by molar-refractivity contribution is 6.32. The molecule has 1 aromatic heterocycles. The van der Waals surface area contributed by atoms with Crippen molar-refractivity contribution in [3.8, 4) is 0 Å². The largest absolute Gasteiger partial charge is 0.319 e. The quantitative estimate of drug-likeness (QED) is 0.438. The number of halogens is 8. The lowest BCUT2D eigenvalue weighted by molar-refractivity contribution is -0.117. The molecule has 1 aliphatic rings. The number of carbonyl (C=O) groups is 1. The molecule has 12 heteroatoms. The Morgan fingerprint density at radius 3 is 2.07 bits per heavy atom. The summed E-state index contributed by atoms with van der Waals surface area (Å²) in [5.74, 6) is -12.7. The molecule has 1 fully saturated rings. The molecule has 1 amide bonds. The van der Waals surface area contributed by atoms with Crippen molar-refractivity contribution in [2.24, 2.45) is 0 Å². The molecular formula is C15H9ClF7N3O. The van der Waals surface area contributed by atoms with Crippen LogP contribution >= 0.6 is 11.6 Å². The maximum atomic E-state index is 13.6. The number of rotatable bonds is 5. The summed E-state index contributed by atoms with van der Waals surface area (Å²) in [5, 5.41) is 4.76. The summed E-state index contributed by atoms with van der Waals surface area (Å²) in [6.07, 6.45) is -1.78. The van der Waals surface area contributed by atoms with Crippen LogP contribution in [0.2, 0.25) is 5.02 Å². The third-order valence-corrected chi connectivity index (χ3v) is 4.28. The van der Waals surface area contributed by atoms with Crippen molar-refractivity contribution < 1.29 is 35.5 Å². The highest BCUT2D eigenvalue weighted by atomic mass is 35.5. The van der Waals surface area contributed by atoms with Crippen molar-refractivity contribution in [3.63, 3.8) is 0 Å². The molecule has 3 rings (SSSR count). The molecule has 1 N–H and O–H groups in total. The molecule has 0 radical (unpaired) electrons. The van der Waals surface area contributed by atoms with Gasteiger partial charge in [-0.25, -0.2) is 30.7 Å². The minimum Gasteiger partial charge on any atom is -0.319 e. The van der Waals surface area contributed by atoms with Crippen LogP contribution in [0.25, 0.3) is 0 Å². The molecule has 0 saturated heterocycles. The number of benzene rings is 1. The zero-order valence-electron chi connectivity index (χ0n) is 13.1. The van der Waals surface area contributed by atoms with E-state index in [0.29, 0.717) is 12.8 Å². The highest BCUT2D eigenvalue weighted by Crippen LogP contribution is 2.45. The average Bonchev–Trinajstić information content (AvgIpc) is 3.39. The number of hydrogen-bond donors (Lipinski definition) is 1. The number of alkyl halides is 2. The Hall–Kier alpha value is -2.30. The fourth-order valence-electron chi connectivity index (χ4n) is 2.51. The van der Waals surface area contributed by atoms with Gasteiger partial charge in [-0.2, -0.15) is 5.10 Å². The van der Waals surface area contributed by atoms with Crippen molar-refractivity contribution in [1.82, 2.24) is 9.78 Å². The lowest BCUT2D eigenvalue weighted by Crippen LogP contribution is -2.23. The van der Waals surface area contributed by atoms with Crippen LogP contribution in [0.5, 0.6) is 0 Å². The second kappa shape index (κ2) is 7.02. The summed E-state index contributed by atoms with van der Waals surface area (Å²) in [6, 6.07) is 0. The molecule has 0 unspecified atom stereocenters. The molecular weight excluding hydrogens is 407 g/mol. The molecule has 1 aliphatic carbocycles. The molecule has 1 heterocycles. The van der Waals surface area contributed by atoms with Gasteiger partial charge < -0.3 is 5.32 Å². The number of nitrogens with one attached hydrogen (secondary N) is 1. The van der Waals surface area contributed by atoms with Crippen molar-refractivity contribution >= 4 is 23.2 Å². The van der Waals surface area contributed by atoms with Crippen LogP contribution in [0.4, 0.5) is 36.4 Å². The number of hydrogen-bond acceptors (Lipinski definition) is 2. The van der Waals surface area contributed by atoms with Crippen LogP contribution in [0, 0.1) is 29.1 Å². The lowest BCUT2D eigenvalue weighted by Gasteiger charge is -2.11. The summed E-state index contributed by atoms with van der Waals surface area (Å²) in [7, 11) is 0. The Morgan fingerprint density at radius 2 is 1.59 bits per heavy atom. The predicted octanol–water partition coefficient (Wildman–Crippen LogP) is 4.69. The van der Waals surface area contributed by atoms with E-state index in [0.717, 1.165) is 4.68 Å². The van der Waals surface area contributed by atoms with Crippen molar-refractivity contribution in [2.45, 2.75) is 31.7 Å². The average molecular weight is 416 g/mol. The summed E-state index contributed by atoms with van der Waals surface area (Å²) in [4.78, 5) is 12.0. The summed E-state index contributed by atoms with van der Waals surface area (Å²) in [5.41, 5.74) is -2.15. The normalized spacial score (nSPS) is 14.1. The standard InChI is InChI=1S/C15H9ClF7N3O/c16-6-12(15(22)23)25-26(14(6)4-1-2-4)3-5(27)24-13-10(20)8(18)7(17)9(19)11(13)21/h4,15H,1-3H2,(H,24,27). The smallest absolute Gasteiger partial charge is 0.283 e. The van der Waals surface area contributed by atoms with E-state index in [1.807, 2.05) is 0 Å². The summed E-state index contributed by atoms with van der Waals surface area (Å²) < 4.78 is 93.3. The summed E-state index contributed by atoms with van der Waals surface area (Å²) in [6.45, 7) is -0.808. The van der Waals surface area contributed by atoms with E-state index >= 15 is 0 Å². The number of amides is 1. The summed E-state index contributed by atoms with van der Waals surface area (Å²) >= 11 is 5.86. The molecule has 27 heavy (non-hydrogen) atoms. The molecule has 0 aliphatic heterocycles. The molecule has 0 atom stereocenters. The molecule has 1 saturated carbocycles. The maximum Gasteiger partial charge on any atom is 0.283 e. The van der Waals surface area contributed by atoms with E-state index in [1.165, 1.54) is 0 Å². The molecule has 2 aromatic rings. The number of aromatic nitrogens is 2. The van der Waals surface area contributed by atoms with Crippen LogP contribution in [0.15, 0.2) is 0 Å². The second-order valence-electron chi connectivity index (χ2n) is 5.81. The topological polar surface area (TPSA) is 46.9 Å². The van der Waals surface area contributed by atoms with Gasteiger partial charge >= 0.3 is 0 Å². The van der Waals surface area contributed by atoms with Gasteiger partial charge in [0.25, 0.3) is 6.43 Å². The van der Waals surface area contributed by atoms with E-state index in [2.05, 4.69) is 5.10 Å². The fraction of sp³-hybridized carbons (Fsp3) is 0.333. The van der Waals surface area contributed by atoms with Gasteiger partial charge in [-0.1, -0.05) is 11.6 Å². The van der Waals surface area contributed by atoms with Crippen LogP contribution in [0.3, 0.4) is 0 Å². The maximum absolute atomic E-state index is 13.6. The first-order valence-corrected chi connectivity index (χ1v) is 7.86. The predicted molar refractivity (Wildman–Crippen MR) is 79.0 cm³/mol. The van der Waals surface area contributed by atoms with Gasteiger partial charge in [-0.15, -0.1) is 0 Å². The number of nitrogens with zero attached hydrogens (tertiary/aromatic N) is 2. The Morgan fingerprint density at radius 1 is 1.07 bits per heavy atom. The Bertz CT molecular complexity index is 898. The fourth-order valence-corrected chi connectivity index (χ4v) is 2.88. The number of anilines is 1. The molecule has 1 aromatic carbocycles. The van der Waals surface area contributed by atoms with E-state index in [4.69, 9.17) is 11.6 Å². The molecule has 0 spiro atoms. The monoisotopic (exact) mass is 415 g/mol. The van der Waals surface area contributed by atoms with Crippen molar-refractivity contribution in [1.29, 1.82) is 0 Å². The van der Waals surface area contributed by atoms with E-state index in [1.54, 1.807) is 5.32 Å². The van der Waals surface area contributed by atoms with Gasteiger partial charge in [0.2, 0.25) is 11.7 Å². The van der Waals surface area contributed by atoms with Crippen LogP contribution in [0.1, 0.15) is 36.6 Å². The molecule has 0 bridgehead atoms. The van der Waals surface area contributed by atoms with Gasteiger partial charge in [0, 0.05) is 5.92 Å². The minimum absolute atomic E-state index is 0.152. The minimum atomic E-state index is -3.02. The van der Waals surface area contributed by atoms with E-state index in [-0.39, 0.29) is 16.6 Å². The SMILES string of the molecule is O=C(Cn1nc(C(F)F)c(Cl)c1C1CC1)Nc1c(F)c(F)c(F)c(F)c1F. The first-order valence-electron chi connectivity index (χ1n) is 7.49. The third kappa shape index (κ3) is 3.47. The first kappa shape index (κ1) is 19.5. The van der Waals surface area contributed by atoms with Gasteiger partial charge in [0.05, 0.1) is 10.7 Å². The van der Waals surface area contributed by atoms with Gasteiger partial charge in [-0.3, -0.25) is 9.48 Å². The van der Waals surface area contributed by atoms with E-state index < -0.39 is 59.3 Å². The first-order chi connectivity index (χ1) is 12.6. The van der Waals surface area contributed by atoms with E-state index in [9.17, 15) is 35.5 Å². The number of carbonyl (C=O) groups excluding carboxylic acids is 1. The van der Waals surface area contributed by atoms with Crippen LogP contribution < -0.4 is 5.32 Å². The highest BCUT2D eigenvalue weighted by Gasteiger charge is 2.34. The Kier molecular flexibility index (Phi) is 5.06. The zero-order chi connectivity index (χ0) is 20.0. The Balaban J connectivity index is 1.89. The molecule has 146 valence electrons. The van der Waals surface area contributed by atoms with Crippen molar-refractivity contribution in [3.05, 3.63) is 45.5 Å². The van der Waals surface area contributed by atoms with Gasteiger partial charge in [0.1, 0.15) is 17.9 Å². The van der Waals surface area contributed by atoms with Crippen LogP contribution in [-0.2, 0) is 11.3 Å². The van der Waals surface area contributed by atoms with Gasteiger partial charge in [-0.05, 0) is 12.8 Å². The van der Waals surface area contributed by atoms with Crippen molar-refractivity contribution in [2.75, 3.05) is 5.32 Å².